The van der Waals surface area contributed by atoms with Gasteiger partial charge in [0.2, 0.25) is 0 Å². The molecule has 0 aliphatic heterocycles. The van der Waals surface area contributed by atoms with Crippen LogP contribution in [0.25, 0.3) is 0 Å². The summed E-state index contributed by atoms with van der Waals surface area (Å²) >= 11 is 0. The SMILES string of the molecule is CCC(CO)NC(=O)NC(C)c1c(C)noc1C. The van der Waals surface area contributed by atoms with Gasteiger partial charge in [-0.3, -0.25) is 0 Å². The molecule has 0 spiro atoms. The number of carbonyl (C=O) groups excluding carboxylic acids is 1. The number of urea groups is 1. The van der Waals surface area contributed by atoms with Crippen molar-refractivity contribution >= 4 is 6.03 Å². The second kappa shape index (κ2) is 6.39. The highest BCUT2D eigenvalue weighted by Gasteiger charge is 2.19. The number of rotatable bonds is 5. The van der Waals surface area contributed by atoms with Crippen molar-refractivity contribution in [2.45, 2.75) is 46.2 Å². The van der Waals surface area contributed by atoms with Gasteiger partial charge in [0, 0.05) is 5.56 Å². The Morgan fingerprint density at radius 1 is 1.44 bits per heavy atom. The zero-order chi connectivity index (χ0) is 13.7. The standard InChI is InChI=1S/C12H21N3O3/c1-5-10(6-16)14-12(17)13-7(2)11-8(3)15-18-9(11)4/h7,10,16H,5-6H2,1-4H3,(H2,13,14,17). The molecule has 3 N–H and O–H groups in total. The van der Waals surface area contributed by atoms with Crippen LogP contribution >= 0.6 is 0 Å². The minimum Gasteiger partial charge on any atom is -0.394 e. The monoisotopic (exact) mass is 255 g/mol. The molecule has 0 fully saturated rings. The molecule has 1 aromatic heterocycles. The van der Waals surface area contributed by atoms with Gasteiger partial charge in [-0.2, -0.15) is 0 Å². The third-order valence-corrected chi connectivity index (χ3v) is 2.92. The Bertz CT molecular complexity index is 380. The lowest BCUT2D eigenvalue weighted by Crippen LogP contribution is -2.44. The molecule has 0 aliphatic carbocycles. The van der Waals surface area contributed by atoms with Gasteiger partial charge in [0.15, 0.2) is 0 Å². The second-order valence-corrected chi connectivity index (χ2v) is 4.37. The van der Waals surface area contributed by atoms with Gasteiger partial charge in [0.1, 0.15) is 5.76 Å². The first-order valence-electron chi connectivity index (χ1n) is 6.10. The van der Waals surface area contributed by atoms with Gasteiger partial charge in [0.05, 0.1) is 24.4 Å². The normalized spacial score (nSPS) is 14.1. The Labute approximate surface area is 107 Å². The lowest BCUT2D eigenvalue weighted by molar-refractivity contribution is 0.212. The molecular formula is C12H21N3O3. The van der Waals surface area contributed by atoms with Gasteiger partial charge in [0.25, 0.3) is 0 Å². The summed E-state index contributed by atoms with van der Waals surface area (Å²) in [5.41, 5.74) is 1.66. The van der Waals surface area contributed by atoms with E-state index in [1.54, 1.807) is 0 Å². The second-order valence-electron chi connectivity index (χ2n) is 4.37. The summed E-state index contributed by atoms with van der Waals surface area (Å²) in [5.74, 6) is 0.703. The number of nitrogens with zero attached hydrogens (tertiary/aromatic N) is 1. The molecule has 18 heavy (non-hydrogen) atoms. The quantitative estimate of drug-likeness (QED) is 0.742. The number of hydrogen-bond donors (Lipinski definition) is 3. The molecule has 6 heteroatoms. The molecule has 2 amide bonds. The summed E-state index contributed by atoms with van der Waals surface area (Å²) in [4.78, 5) is 11.7. The van der Waals surface area contributed by atoms with Gasteiger partial charge in [-0.05, 0) is 27.2 Å². The highest BCUT2D eigenvalue weighted by molar-refractivity contribution is 5.74. The van der Waals surface area contributed by atoms with Crippen molar-refractivity contribution in [3.8, 4) is 0 Å². The van der Waals surface area contributed by atoms with Crippen molar-refractivity contribution in [3.63, 3.8) is 0 Å². The number of aliphatic hydroxyl groups is 1. The first-order chi connectivity index (χ1) is 8.49. The average molecular weight is 255 g/mol. The van der Waals surface area contributed by atoms with Gasteiger partial charge in [-0.15, -0.1) is 0 Å². The molecule has 0 aromatic carbocycles. The Balaban J connectivity index is 2.60. The first kappa shape index (κ1) is 14.5. The van der Waals surface area contributed by atoms with Crippen LogP contribution in [0.5, 0.6) is 0 Å². The molecule has 1 heterocycles. The molecule has 0 aliphatic rings. The molecule has 1 rings (SSSR count). The summed E-state index contributed by atoms with van der Waals surface area (Å²) in [6.45, 7) is 7.35. The van der Waals surface area contributed by atoms with E-state index >= 15 is 0 Å². The Kier molecular flexibility index (Phi) is 5.15. The highest BCUT2D eigenvalue weighted by Crippen LogP contribution is 2.20. The first-order valence-corrected chi connectivity index (χ1v) is 6.10. The predicted molar refractivity (Wildman–Crippen MR) is 67.2 cm³/mol. The molecule has 0 radical (unpaired) electrons. The fourth-order valence-corrected chi connectivity index (χ4v) is 1.88. The number of aromatic nitrogens is 1. The van der Waals surface area contributed by atoms with E-state index in [-0.39, 0.29) is 24.7 Å². The lowest BCUT2D eigenvalue weighted by Gasteiger charge is -2.18. The Morgan fingerprint density at radius 2 is 2.11 bits per heavy atom. The molecule has 6 nitrogen and oxygen atoms in total. The number of aliphatic hydroxyl groups excluding tert-OH is 1. The van der Waals surface area contributed by atoms with E-state index in [4.69, 9.17) is 9.63 Å². The van der Waals surface area contributed by atoms with E-state index in [1.807, 2.05) is 27.7 Å². The number of amides is 2. The van der Waals surface area contributed by atoms with E-state index in [9.17, 15) is 4.79 Å². The third-order valence-electron chi connectivity index (χ3n) is 2.92. The predicted octanol–water partition coefficient (Wildman–Crippen LogP) is 1.42. The molecule has 2 unspecified atom stereocenters. The zero-order valence-corrected chi connectivity index (χ0v) is 11.3. The van der Waals surface area contributed by atoms with Crippen molar-refractivity contribution in [1.29, 1.82) is 0 Å². The van der Waals surface area contributed by atoms with Crippen LogP contribution in [0.15, 0.2) is 4.52 Å². The summed E-state index contributed by atoms with van der Waals surface area (Å²) in [6.07, 6.45) is 0.684. The summed E-state index contributed by atoms with van der Waals surface area (Å²) in [7, 11) is 0. The topological polar surface area (TPSA) is 87.4 Å². The van der Waals surface area contributed by atoms with E-state index in [0.29, 0.717) is 12.2 Å². The van der Waals surface area contributed by atoms with Gasteiger partial charge in [-0.1, -0.05) is 12.1 Å². The third kappa shape index (κ3) is 3.46. The van der Waals surface area contributed by atoms with Crippen LogP contribution in [0.1, 0.15) is 43.3 Å². The van der Waals surface area contributed by atoms with E-state index < -0.39 is 0 Å². The highest BCUT2D eigenvalue weighted by atomic mass is 16.5. The van der Waals surface area contributed by atoms with E-state index in [0.717, 1.165) is 11.3 Å². The summed E-state index contributed by atoms with van der Waals surface area (Å²) in [5, 5.41) is 18.4. The molecule has 0 bridgehead atoms. The Morgan fingerprint density at radius 3 is 2.56 bits per heavy atom. The minimum atomic E-state index is -0.302. The molecule has 0 saturated heterocycles. The average Bonchev–Trinajstić information content (AvgIpc) is 2.65. The molecule has 2 atom stereocenters. The maximum absolute atomic E-state index is 11.7. The zero-order valence-electron chi connectivity index (χ0n) is 11.3. The fraction of sp³-hybridized carbons (Fsp3) is 0.667. The number of nitrogens with one attached hydrogen (secondary N) is 2. The molecule has 1 aromatic rings. The summed E-state index contributed by atoms with van der Waals surface area (Å²) < 4.78 is 5.06. The van der Waals surface area contributed by atoms with Crippen molar-refractivity contribution in [3.05, 3.63) is 17.0 Å². The maximum atomic E-state index is 11.7. The van der Waals surface area contributed by atoms with Crippen LogP contribution in [0, 0.1) is 13.8 Å². The van der Waals surface area contributed by atoms with Gasteiger partial charge in [-0.25, -0.2) is 4.79 Å². The Hall–Kier alpha value is -1.56. The van der Waals surface area contributed by atoms with E-state index in [2.05, 4.69) is 15.8 Å². The smallest absolute Gasteiger partial charge is 0.315 e. The molecule has 0 saturated carbocycles. The number of aryl methyl sites for hydroxylation is 2. The van der Waals surface area contributed by atoms with Crippen molar-refractivity contribution in [2.24, 2.45) is 0 Å². The lowest BCUT2D eigenvalue weighted by atomic mass is 10.1. The molecule has 102 valence electrons. The van der Waals surface area contributed by atoms with Crippen LogP contribution in [-0.4, -0.2) is 28.9 Å². The minimum absolute atomic E-state index is 0.0659. The van der Waals surface area contributed by atoms with Crippen molar-refractivity contribution in [2.75, 3.05) is 6.61 Å². The van der Waals surface area contributed by atoms with Crippen LogP contribution < -0.4 is 10.6 Å². The van der Waals surface area contributed by atoms with Crippen molar-refractivity contribution < 1.29 is 14.4 Å². The van der Waals surface area contributed by atoms with Crippen LogP contribution in [-0.2, 0) is 0 Å². The largest absolute Gasteiger partial charge is 0.394 e. The van der Waals surface area contributed by atoms with E-state index in [1.165, 1.54) is 0 Å². The van der Waals surface area contributed by atoms with Crippen molar-refractivity contribution in [1.82, 2.24) is 15.8 Å². The number of carbonyl (C=O) groups is 1. The number of hydrogen-bond acceptors (Lipinski definition) is 4. The fourth-order valence-electron chi connectivity index (χ4n) is 1.88. The van der Waals surface area contributed by atoms with Gasteiger partial charge < -0.3 is 20.3 Å². The van der Waals surface area contributed by atoms with Crippen LogP contribution in [0.4, 0.5) is 4.79 Å². The maximum Gasteiger partial charge on any atom is 0.315 e. The summed E-state index contributed by atoms with van der Waals surface area (Å²) in [6, 6.07) is -0.710. The van der Waals surface area contributed by atoms with Crippen LogP contribution in [0.2, 0.25) is 0 Å². The van der Waals surface area contributed by atoms with Gasteiger partial charge >= 0.3 is 6.03 Å². The van der Waals surface area contributed by atoms with Crippen LogP contribution in [0.3, 0.4) is 0 Å². The molecular weight excluding hydrogens is 234 g/mol.